The summed E-state index contributed by atoms with van der Waals surface area (Å²) < 4.78 is 0. The third-order valence-electron chi connectivity index (χ3n) is 2.95. The van der Waals surface area contributed by atoms with E-state index in [0.29, 0.717) is 11.6 Å². The molecule has 0 bridgehead atoms. The van der Waals surface area contributed by atoms with Gasteiger partial charge in [0.15, 0.2) is 0 Å². The van der Waals surface area contributed by atoms with E-state index in [9.17, 15) is 5.11 Å². The Morgan fingerprint density at radius 1 is 1.33 bits per heavy atom. The fourth-order valence-corrected chi connectivity index (χ4v) is 1.94. The molecule has 1 aromatic heterocycles. The lowest BCUT2D eigenvalue weighted by Crippen LogP contribution is -2.42. The Kier molecular flexibility index (Phi) is 3.85. The molecule has 0 aliphatic carbocycles. The third-order valence-corrected chi connectivity index (χ3v) is 3.28. The molecular formula is C14H17ClN2O. The van der Waals surface area contributed by atoms with Gasteiger partial charge in [0.25, 0.3) is 0 Å². The summed E-state index contributed by atoms with van der Waals surface area (Å²) in [7, 11) is 0. The lowest BCUT2D eigenvalue weighted by atomic mass is 10.1. The van der Waals surface area contributed by atoms with E-state index >= 15 is 0 Å². The molecule has 18 heavy (non-hydrogen) atoms. The molecule has 0 saturated heterocycles. The van der Waals surface area contributed by atoms with Crippen LogP contribution in [0, 0.1) is 0 Å². The summed E-state index contributed by atoms with van der Waals surface area (Å²) in [5, 5.41) is 14.2. The van der Waals surface area contributed by atoms with Crippen LogP contribution in [0.15, 0.2) is 30.5 Å². The number of benzene rings is 1. The predicted octanol–water partition coefficient (Wildman–Crippen LogP) is 2.75. The molecule has 0 saturated carbocycles. The standard InChI is InChI=1S/C14H17ClN2O/c1-14(2,9-18)17-8-10-5-6-12(15)11-4-3-7-16-13(10)11/h3-7,17-18H,8-9H2,1-2H3. The van der Waals surface area contributed by atoms with E-state index in [2.05, 4.69) is 10.3 Å². The quantitative estimate of drug-likeness (QED) is 0.893. The highest BCUT2D eigenvalue weighted by atomic mass is 35.5. The van der Waals surface area contributed by atoms with Gasteiger partial charge in [-0.2, -0.15) is 0 Å². The van der Waals surface area contributed by atoms with Gasteiger partial charge >= 0.3 is 0 Å². The molecule has 0 aliphatic heterocycles. The zero-order chi connectivity index (χ0) is 13.2. The highest BCUT2D eigenvalue weighted by Crippen LogP contribution is 2.24. The van der Waals surface area contributed by atoms with Crippen LogP contribution in [-0.2, 0) is 6.54 Å². The maximum Gasteiger partial charge on any atom is 0.0761 e. The molecule has 0 spiro atoms. The molecule has 1 heterocycles. The van der Waals surface area contributed by atoms with E-state index in [1.807, 2.05) is 38.1 Å². The summed E-state index contributed by atoms with van der Waals surface area (Å²) >= 11 is 6.15. The van der Waals surface area contributed by atoms with Crippen LogP contribution < -0.4 is 5.32 Å². The Labute approximate surface area is 112 Å². The molecule has 0 fully saturated rings. The van der Waals surface area contributed by atoms with Gasteiger partial charge in [-0.15, -0.1) is 0 Å². The number of hydrogen-bond donors (Lipinski definition) is 2. The van der Waals surface area contributed by atoms with Crippen LogP contribution in [0.25, 0.3) is 10.9 Å². The molecule has 2 N–H and O–H groups in total. The average molecular weight is 265 g/mol. The number of aliphatic hydroxyl groups is 1. The number of aromatic nitrogens is 1. The largest absolute Gasteiger partial charge is 0.394 e. The maximum atomic E-state index is 9.23. The topological polar surface area (TPSA) is 45.1 Å². The Hall–Kier alpha value is -1.16. The van der Waals surface area contributed by atoms with Crippen molar-refractivity contribution < 1.29 is 5.11 Å². The summed E-state index contributed by atoms with van der Waals surface area (Å²) in [4.78, 5) is 4.38. The van der Waals surface area contributed by atoms with E-state index in [1.54, 1.807) is 6.20 Å². The van der Waals surface area contributed by atoms with Gasteiger partial charge in [0.05, 0.1) is 12.1 Å². The van der Waals surface area contributed by atoms with Crippen molar-refractivity contribution in [3.63, 3.8) is 0 Å². The molecule has 3 nitrogen and oxygen atoms in total. The summed E-state index contributed by atoms with van der Waals surface area (Å²) in [6.45, 7) is 4.65. The van der Waals surface area contributed by atoms with Crippen molar-refractivity contribution in [1.29, 1.82) is 0 Å². The minimum Gasteiger partial charge on any atom is -0.394 e. The lowest BCUT2D eigenvalue weighted by Gasteiger charge is -2.23. The van der Waals surface area contributed by atoms with Crippen LogP contribution in [0.5, 0.6) is 0 Å². The van der Waals surface area contributed by atoms with Gasteiger partial charge in [0, 0.05) is 28.7 Å². The molecule has 4 heteroatoms. The fourth-order valence-electron chi connectivity index (χ4n) is 1.73. The normalized spacial score (nSPS) is 12.0. The number of rotatable bonds is 4. The maximum absolute atomic E-state index is 9.23. The number of pyridine rings is 1. The van der Waals surface area contributed by atoms with E-state index in [4.69, 9.17) is 11.6 Å². The zero-order valence-corrected chi connectivity index (χ0v) is 11.3. The highest BCUT2D eigenvalue weighted by Gasteiger charge is 2.16. The fraction of sp³-hybridized carbons (Fsp3) is 0.357. The van der Waals surface area contributed by atoms with E-state index < -0.39 is 0 Å². The SMILES string of the molecule is CC(C)(CO)NCc1ccc(Cl)c2cccnc12. The van der Waals surface area contributed by atoms with Gasteiger partial charge in [-0.1, -0.05) is 17.7 Å². The van der Waals surface area contributed by atoms with Gasteiger partial charge in [-0.25, -0.2) is 0 Å². The van der Waals surface area contributed by atoms with Gasteiger partial charge < -0.3 is 10.4 Å². The van der Waals surface area contributed by atoms with Crippen molar-refractivity contribution in [3.05, 3.63) is 41.0 Å². The summed E-state index contributed by atoms with van der Waals surface area (Å²) in [6.07, 6.45) is 1.76. The molecule has 1 aromatic carbocycles. The lowest BCUT2D eigenvalue weighted by molar-refractivity contribution is 0.187. The first-order chi connectivity index (χ1) is 8.53. The van der Waals surface area contributed by atoms with E-state index in [0.717, 1.165) is 16.5 Å². The smallest absolute Gasteiger partial charge is 0.0761 e. The van der Waals surface area contributed by atoms with Crippen molar-refractivity contribution >= 4 is 22.5 Å². The second kappa shape index (κ2) is 5.22. The summed E-state index contributed by atoms with van der Waals surface area (Å²) in [6, 6.07) is 7.70. The van der Waals surface area contributed by atoms with Crippen LogP contribution in [-0.4, -0.2) is 22.2 Å². The third kappa shape index (κ3) is 2.80. The van der Waals surface area contributed by atoms with Crippen molar-refractivity contribution in [1.82, 2.24) is 10.3 Å². The molecule has 0 aliphatic rings. The van der Waals surface area contributed by atoms with Crippen LogP contribution in [0.4, 0.5) is 0 Å². The molecule has 2 aromatic rings. The average Bonchev–Trinajstić information content (AvgIpc) is 2.38. The Balaban J connectivity index is 2.32. The highest BCUT2D eigenvalue weighted by molar-refractivity contribution is 6.35. The monoisotopic (exact) mass is 264 g/mol. The van der Waals surface area contributed by atoms with Crippen molar-refractivity contribution in [3.8, 4) is 0 Å². The van der Waals surface area contributed by atoms with Crippen LogP contribution in [0.1, 0.15) is 19.4 Å². The molecule has 2 rings (SSSR count). The number of nitrogens with zero attached hydrogens (tertiary/aromatic N) is 1. The zero-order valence-electron chi connectivity index (χ0n) is 10.6. The van der Waals surface area contributed by atoms with Crippen molar-refractivity contribution in [2.45, 2.75) is 25.9 Å². The molecule has 96 valence electrons. The number of halogens is 1. The second-order valence-corrected chi connectivity index (χ2v) is 5.41. The van der Waals surface area contributed by atoms with E-state index in [1.165, 1.54) is 0 Å². The Morgan fingerprint density at radius 3 is 2.83 bits per heavy atom. The van der Waals surface area contributed by atoms with Gasteiger partial charge in [-0.3, -0.25) is 4.98 Å². The minimum atomic E-state index is -0.305. The van der Waals surface area contributed by atoms with Crippen LogP contribution >= 0.6 is 11.6 Å². The number of hydrogen-bond acceptors (Lipinski definition) is 3. The first-order valence-corrected chi connectivity index (χ1v) is 6.29. The minimum absolute atomic E-state index is 0.0892. The summed E-state index contributed by atoms with van der Waals surface area (Å²) in [5.41, 5.74) is 1.68. The van der Waals surface area contributed by atoms with Crippen molar-refractivity contribution in [2.24, 2.45) is 0 Å². The van der Waals surface area contributed by atoms with Crippen LogP contribution in [0.3, 0.4) is 0 Å². The second-order valence-electron chi connectivity index (χ2n) is 5.00. The molecule has 0 amide bonds. The summed E-state index contributed by atoms with van der Waals surface area (Å²) in [5.74, 6) is 0. The van der Waals surface area contributed by atoms with Crippen LogP contribution in [0.2, 0.25) is 5.02 Å². The van der Waals surface area contributed by atoms with Gasteiger partial charge in [0.1, 0.15) is 0 Å². The van der Waals surface area contributed by atoms with Gasteiger partial charge in [0.2, 0.25) is 0 Å². The molecule has 0 atom stereocenters. The molecule has 0 unspecified atom stereocenters. The number of aliphatic hydroxyl groups excluding tert-OH is 1. The Morgan fingerprint density at radius 2 is 2.11 bits per heavy atom. The van der Waals surface area contributed by atoms with E-state index in [-0.39, 0.29) is 12.1 Å². The number of nitrogens with one attached hydrogen (secondary N) is 1. The Bertz CT molecular complexity index is 554. The number of fused-ring (bicyclic) bond motifs is 1. The molecular weight excluding hydrogens is 248 g/mol. The van der Waals surface area contributed by atoms with Crippen molar-refractivity contribution in [2.75, 3.05) is 6.61 Å². The van der Waals surface area contributed by atoms with Gasteiger partial charge in [-0.05, 0) is 37.6 Å². The molecule has 0 radical (unpaired) electrons. The predicted molar refractivity (Wildman–Crippen MR) is 74.8 cm³/mol. The first-order valence-electron chi connectivity index (χ1n) is 5.91. The first kappa shape index (κ1) is 13.3.